The maximum absolute atomic E-state index is 11.4. The van der Waals surface area contributed by atoms with Crippen molar-refractivity contribution in [3.8, 4) is 0 Å². The van der Waals surface area contributed by atoms with Crippen LogP contribution in [0.5, 0.6) is 0 Å². The van der Waals surface area contributed by atoms with Gasteiger partial charge in [0.1, 0.15) is 0 Å². The number of rotatable bonds is 1. The first-order valence-corrected chi connectivity index (χ1v) is 5.50. The summed E-state index contributed by atoms with van der Waals surface area (Å²) in [6.45, 7) is 1.89. The molecule has 15 heavy (non-hydrogen) atoms. The molecule has 0 atom stereocenters. The summed E-state index contributed by atoms with van der Waals surface area (Å²) in [6.07, 6.45) is 2.58. The van der Waals surface area contributed by atoms with Gasteiger partial charge < -0.3 is 0 Å². The first-order chi connectivity index (χ1) is 7.09. The first-order valence-electron chi connectivity index (χ1n) is 4.42. The van der Waals surface area contributed by atoms with Gasteiger partial charge in [-0.15, -0.1) is 0 Å². The van der Waals surface area contributed by atoms with Gasteiger partial charge in [-0.25, -0.2) is 4.90 Å². The zero-order valence-electron chi connectivity index (χ0n) is 8.03. The van der Waals surface area contributed by atoms with Gasteiger partial charge in [-0.1, -0.05) is 0 Å². The Morgan fingerprint density at radius 2 is 1.73 bits per heavy atom. The molecule has 0 N–H and O–H groups in total. The third-order valence-corrected chi connectivity index (χ3v) is 2.88. The zero-order valence-corrected chi connectivity index (χ0v) is 10.2. The van der Waals surface area contributed by atoms with E-state index in [1.807, 2.05) is 19.1 Å². The number of aryl methyl sites for hydroxylation is 1. The maximum Gasteiger partial charge on any atom is 0.258 e. The molecule has 0 spiro atoms. The van der Waals surface area contributed by atoms with Crippen molar-refractivity contribution in [2.45, 2.75) is 6.92 Å². The van der Waals surface area contributed by atoms with Crippen LogP contribution in [-0.4, -0.2) is 11.8 Å². The Hall–Kier alpha value is -1.17. The normalized spacial score (nSPS) is 15.2. The van der Waals surface area contributed by atoms with Crippen LogP contribution in [0.4, 0.5) is 5.69 Å². The van der Waals surface area contributed by atoms with E-state index in [2.05, 4.69) is 22.6 Å². The van der Waals surface area contributed by atoms with Crippen molar-refractivity contribution in [2.75, 3.05) is 4.90 Å². The monoisotopic (exact) mass is 313 g/mol. The number of carbonyl (C=O) groups is 2. The van der Waals surface area contributed by atoms with Crippen LogP contribution in [-0.2, 0) is 9.59 Å². The molecule has 0 fully saturated rings. The van der Waals surface area contributed by atoms with Crippen molar-refractivity contribution in [3.63, 3.8) is 0 Å². The van der Waals surface area contributed by atoms with Crippen molar-refractivity contribution < 1.29 is 9.59 Å². The summed E-state index contributed by atoms with van der Waals surface area (Å²) in [4.78, 5) is 24.1. The zero-order chi connectivity index (χ0) is 11.0. The summed E-state index contributed by atoms with van der Waals surface area (Å²) < 4.78 is 1.08. The number of amides is 2. The van der Waals surface area contributed by atoms with Gasteiger partial charge in [0, 0.05) is 15.7 Å². The summed E-state index contributed by atoms with van der Waals surface area (Å²) in [5.74, 6) is -0.548. The molecule has 0 aliphatic carbocycles. The fourth-order valence-electron chi connectivity index (χ4n) is 1.51. The number of nitrogens with zero attached hydrogens (tertiary/aromatic N) is 1. The standard InChI is InChI=1S/C11H8INO2/c1-7-6-8(12)2-3-9(7)13-10(14)4-5-11(13)15/h2-6H,1H3. The number of benzene rings is 1. The van der Waals surface area contributed by atoms with Gasteiger partial charge in [0.05, 0.1) is 5.69 Å². The Labute approximate surface area is 101 Å². The average molecular weight is 313 g/mol. The third kappa shape index (κ3) is 1.81. The lowest BCUT2D eigenvalue weighted by Crippen LogP contribution is -2.30. The lowest BCUT2D eigenvalue weighted by molar-refractivity contribution is -0.119. The second-order valence-corrected chi connectivity index (χ2v) is 4.52. The second-order valence-electron chi connectivity index (χ2n) is 3.28. The molecule has 0 radical (unpaired) electrons. The minimum atomic E-state index is -0.274. The van der Waals surface area contributed by atoms with Gasteiger partial charge in [-0.05, 0) is 53.3 Å². The van der Waals surface area contributed by atoms with E-state index in [1.54, 1.807) is 6.07 Å². The number of carbonyl (C=O) groups excluding carboxylic acids is 2. The van der Waals surface area contributed by atoms with Crippen molar-refractivity contribution in [1.29, 1.82) is 0 Å². The van der Waals surface area contributed by atoms with E-state index in [0.29, 0.717) is 5.69 Å². The smallest absolute Gasteiger partial charge is 0.258 e. The van der Waals surface area contributed by atoms with Crippen molar-refractivity contribution >= 4 is 40.1 Å². The molecular formula is C11H8INO2. The summed E-state index contributed by atoms with van der Waals surface area (Å²) in [7, 11) is 0. The van der Waals surface area contributed by atoms with E-state index in [0.717, 1.165) is 9.13 Å². The number of hydrogen-bond acceptors (Lipinski definition) is 2. The third-order valence-electron chi connectivity index (χ3n) is 2.21. The van der Waals surface area contributed by atoms with Crippen LogP contribution in [0, 0.1) is 10.5 Å². The van der Waals surface area contributed by atoms with Gasteiger partial charge >= 0.3 is 0 Å². The van der Waals surface area contributed by atoms with Crippen LogP contribution in [0.25, 0.3) is 0 Å². The van der Waals surface area contributed by atoms with Crippen molar-refractivity contribution in [1.82, 2.24) is 0 Å². The number of hydrogen-bond donors (Lipinski definition) is 0. The molecule has 3 nitrogen and oxygen atoms in total. The van der Waals surface area contributed by atoms with Gasteiger partial charge in [0.15, 0.2) is 0 Å². The highest BCUT2D eigenvalue weighted by molar-refractivity contribution is 14.1. The molecule has 1 aromatic rings. The number of halogens is 1. The molecule has 2 rings (SSSR count). The molecule has 2 amide bonds. The molecule has 1 aromatic carbocycles. The van der Waals surface area contributed by atoms with Crippen LogP contribution < -0.4 is 4.90 Å². The molecule has 0 aromatic heterocycles. The summed E-state index contributed by atoms with van der Waals surface area (Å²) in [6, 6.07) is 5.61. The van der Waals surface area contributed by atoms with E-state index in [9.17, 15) is 9.59 Å². The largest absolute Gasteiger partial charge is 0.269 e. The molecule has 1 aliphatic heterocycles. The van der Waals surface area contributed by atoms with Crippen LogP contribution >= 0.6 is 22.6 Å². The Morgan fingerprint density at radius 3 is 2.27 bits per heavy atom. The van der Waals surface area contributed by atoms with Gasteiger partial charge in [-0.2, -0.15) is 0 Å². The topological polar surface area (TPSA) is 37.4 Å². The van der Waals surface area contributed by atoms with Crippen LogP contribution in [0.15, 0.2) is 30.4 Å². The first kappa shape index (κ1) is 10.4. The minimum Gasteiger partial charge on any atom is -0.269 e. The molecular weight excluding hydrogens is 305 g/mol. The Morgan fingerprint density at radius 1 is 1.13 bits per heavy atom. The van der Waals surface area contributed by atoms with Gasteiger partial charge in [-0.3, -0.25) is 9.59 Å². The highest BCUT2D eigenvalue weighted by atomic mass is 127. The predicted molar refractivity (Wildman–Crippen MR) is 65.5 cm³/mol. The lowest BCUT2D eigenvalue weighted by atomic mass is 10.2. The van der Waals surface area contributed by atoms with E-state index in [4.69, 9.17) is 0 Å². The van der Waals surface area contributed by atoms with Gasteiger partial charge in [0.2, 0.25) is 0 Å². The minimum absolute atomic E-state index is 0.274. The second kappa shape index (κ2) is 3.77. The number of anilines is 1. The summed E-state index contributed by atoms with van der Waals surface area (Å²) >= 11 is 2.19. The lowest BCUT2D eigenvalue weighted by Gasteiger charge is -2.16. The fraction of sp³-hybridized carbons (Fsp3) is 0.0909. The quantitative estimate of drug-likeness (QED) is 0.588. The summed E-state index contributed by atoms with van der Waals surface area (Å²) in [5, 5.41) is 0. The van der Waals surface area contributed by atoms with Crippen molar-refractivity contribution in [3.05, 3.63) is 39.5 Å². The Balaban J connectivity index is 2.46. The van der Waals surface area contributed by atoms with E-state index >= 15 is 0 Å². The summed E-state index contributed by atoms with van der Waals surface area (Å²) in [5.41, 5.74) is 1.59. The van der Waals surface area contributed by atoms with Gasteiger partial charge in [0.25, 0.3) is 11.8 Å². The predicted octanol–water partition coefficient (Wildman–Crippen LogP) is 2.03. The number of imide groups is 1. The van der Waals surface area contributed by atoms with Crippen LogP contribution in [0.3, 0.4) is 0 Å². The molecule has 4 heteroatoms. The fourth-order valence-corrected chi connectivity index (χ4v) is 2.15. The van der Waals surface area contributed by atoms with E-state index < -0.39 is 0 Å². The van der Waals surface area contributed by atoms with Crippen molar-refractivity contribution in [2.24, 2.45) is 0 Å². The highest BCUT2D eigenvalue weighted by Gasteiger charge is 2.26. The maximum atomic E-state index is 11.4. The van der Waals surface area contributed by atoms with Crippen LogP contribution in [0.2, 0.25) is 0 Å². The Bertz CT molecular complexity index is 461. The SMILES string of the molecule is Cc1cc(I)ccc1N1C(=O)C=CC1=O. The average Bonchev–Trinajstić information content (AvgIpc) is 2.48. The van der Waals surface area contributed by atoms with Crippen LogP contribution in [0.1, 0.15) is 5.56 Å². The Kier molecular flexibility index (Phi) is 2.60. The molecule has 1 heterocycles. The molecule has 1 aliphatic rings. The molecule has 0 saturated carbocycles. The molecule has 0 unspecified atom stereocenters. The highest BCUT2D eigenvalue weighted by Crippen LogP contribution is 2.24. The molecule has 76 valence electrons. The van der Waals surface area contributed by atoms with E-state index in [1.165, 1.54) is 17.1 Å². The molecule has 0 bridgehead atoms. The molecule has 0 saturated heterocycles. The van der Waals surface area contributed by atoms with E-state index in [-0.39, 0.29) is 11.8 Å².